The molecular formula is C23H29N7O. The first-order chi connectivity index (χ1) is 14.9. The van der Waals surface area contributed by atoms with Crippen LogP contribution in [0.15, 0.2) is 48.8 Å². The zero-order chi connectivity index (χ0) is 22.0. The Bertz CT molecular complexity index is 1030. The van der Waals surface area contributed by atoms with Crippen molar-refractivity contribution in [3.63, 3.8) is 0 Å². The van der Waals surface area contributed by atoms with Crippen LogP contribution in [0, 0.1) is 0 Å². The Morgan fingerprint density at radius 3 is 2.42 bits per heavy atom. The lowest BCUT2D eigenvalue weighted by atomic mass is 10.1. The molecule has 8 heteroatoms. The van der Waals surface area contributed by atoms with Gasteiger partial charge in [0.25, 0.3) is 5.88 Å². The summed E-state index contributed by atoms with van der Waals surface area (Å²) in [5.41, 5.74) is 15.5. The first-order valence-electron chi connectivity index (χ1n) is 10.4. The topological polar surface area (TPSA) is 106 Å². The number of nitrogens with two attached hydrogens (primary N) is 2. The van der Waals surface area contributed by atoms with Gasteiger partial charge in [0.1, 0.15) is 12.4 Å². The number of nitrogen functional groups attached to an aromatic ring is 2. The van der Waals surface area contributed by atoms with Crippen LogP contribution in [0.4, 0.5) is 17.3 Å². The molecule has 2 aromatic heterocycles. The van der Waals surface area contributed by atoms with Gasteiger partial charge in [-0.25, -0.2) is 15.0 Å². The van der Waals surface area contributed by atoms with Crippen LogP contribution < -0.4 is 21.1 Å². The van der Waals surface area contributed by atoms with E-state index < -0.39 is 0 Å². The van der Waals surface area contributed by atoms with Crippen LogP contribution in [-0.4, -0.2) is 52.1 Å². The van der Waals surface area contributed by atoms with Crippen molar-refractivity contribution in [1.82, 2.24) is 19.9 Å². The van der Waals surface area contributed by atoms with Gasteiger partial charge in [0, 0.05) is 42.6 Å². The number of hydrogen-bond donors (Lipinski definition) is 2. The van der Waals surface area contributed by atoms with E-state index in [1.807, 2.05) is 6.07 Å². The van der Waals surface area contributed by atoms with Gasteiger partial charge in [-0.1, -0.05) is 12.1 Å². The number of ether oxygens (including phenoxy) is 1. The van der Waals surface area contributed by atoms with Gasteiger partial charge in [0.15, 0.2) is 5.82 Å². The lowest BCUT2D eigenvalue weighted by Crippen LogP contribution is -2.55. The van der Waals surface area contributed by atoms with E-state index in [0.717, 1.165) is 24.2 Å². The number of rotatable bonds is 5. The Labute approximate surface area is 182 Å². The van der Waals surface area contributed by atoms with Crippen LogP contribution in [0.2, 0.25) is 0 Å². The third kappa shape index (κ3) is 4.69. The second-order valence-electron chi connectivity index (χ2n) is 8.14. The predicted octanol–water partition coefficient (Wildman–Crippen LogP) is 2.81. The molecule has 8 nitrogen and oxygen atoms in total. The molecule has 1 fully saturated rings. The van der Waals surface area contributed by atoms with Crippen LogP contribution in [0.25, 0.3) is 11.3 Å². The summed E-state index contributed by atoms with van der Waals surface area (Å²) in [6.45, 7) is 6.85. The molecule has 1 aliphatic rings. The number of pyridine rings is 1. The summed E-state index contributed by atoms with van der Waals surface area (Å²) in [7, 11) is 2.19. The van der Waals surface area contributed by atoms with Crippen LogP contribution in [0.5, 0.6) is 5.88 Å². The van der Waals surface area contributed by atoms with E-state index in [-0.39, 0.29) is 12.4 Å². The summed E-state index contributed by atoms with van der Waals surface area (Å²) < 4.78 is 5.80. The van der Waals surface area contributed by atoms with E-state index in [2.05, 4.69) is 69.9 Å². The van der Waals surface area contributed by atoms with Crippen molar-refractivity contribution in [1.29, 1.82) is 0 Å². The first-order valence-corrected chi connectivity index (χ1v) is 10.4. The average molecular weight is 420 g/mol. The second kappa shape index (κ2) is 8.77. The molecule has 0 bridgehead atoms. The smallest absolute Gasteiger partial charge is 0.258 e. The maximum absolute atomic E-state index is 5.97. The summed E-state index contributed by atoms with van der Waals surface area (Å²) in [6, 6.07) is 13.0. The highest BCUT2D eigenvalue weighted by atomic mass is 16.5. The number of benzene rings is 1. The summed E-state index contributed by atoms with van der Waals surface area (Å²) in [4.78, 5) is 17.7. The Morgan fingerprint density at radius 1 is 1.03 bits per heavy atom. The molecule has 0 amide bonds. The quantitative estimate of drug-likeness (QED) is 0.650. The number of nitrogens with zero attached hydrogens (tertiary/aromatic N) is 5. The van der Waals surface area contributed by atoms with E-state index in [1.54, 1.807) is 18.5 Å². The normalized spacial score (nSPS) is 19.4. The summed E-state index contributed by atoms with van der Waals surface area (Å²) >= 11 is 0. The van der Waals surface area contributed by atoms with E-state index in [4.69, 9.17) is 16.2 Å². The molecule has 2 unspecified atom stereocenters. The largest absolute Gasteiger partial charge is 0.470 e. The zero-order valence-corrected chi connectivity index (χ0v) is 18.2. The summed E-state index contributed by atoms with van der Waals surface area (Å²) in [5, 5.41) is 0. The highest BCUT2D eigenvalue weighted by Gasteiger charge is 2.26. The lowest BCUT2D eigenvalue weighted by Gasteiger charge is -2.43. The minimum atomic E-state index is 0.253. The third-order valence-corrected chi connectivity index (χ3v) is 5.88. The summed E-state index contributed by atoms with van der Waals surface area (Å²) in [6.07, 6.45) is 3.31. The molecule has 0 saturated carbocycles. The molecule has 1 aliphatic heterocycles. The molecule has 0 spiro atoms. The van der Waals surface area contributed by atoms with E-state index in [1.165, 1.54) is 5.69 Å². The van der Waals surface area contributed by atoms with Gasteiger partial charge in [-0.15, -0.1) is 0 Å². The molecule has 3 aromatic rings. The highest BCUT2D eigenvalue weighted by molar-refractivity contribution is 5.64. The zero-order valence-electron chi connectivity index (χ0n) is 18.2. The van der Waals surface area contributed by atoms with Crippen molar-refractivity contribution in [2.24, 2.45) is 0 Å². The second-order valence-corrected chi connectivity index (χ2v) is 8.14. The number of hydrogen-bond acceptors (Lipinski definition) is 8. The molecule has 0 aliphatic carbocycles. The molecule has 1 saturated heterocycles. The van der Waals surface area contributed by atoms with E-state index in [9.17, 15) is 0 Å². The molecule has 2 atom stereocenters. The average Bonchev–Trinajstić information content (AvgIpc) is 2.77. The Balaban J connectivity index is 1.49. The van der Waals surface area contributed by atoms with Crippen molar-refractivity contribution in [3.8, 4) is 17.1 Å². The van der Waals surface area contributed by atoms with Crippen molar-refractivity contribution in [2.75, 3.05) is 36.5 Å². The number of likely N-dealkylation sites (N-methyl/N-ethyl adjacent to an activating group) is 1. The van der Waals surface area contributed by atoms with E-state index >= 15 is 0 Å². The molecule has 4 N–H and O–H groups in total. The van der Waals surface area contributed by atoms with E-state index in [0.29, 0.717) is 29.5 Å². The Hall–Kier alpha value is -3.39. The van der Waals surface area contributed by atoms with Gasteiger partial charge in [0.05, 0.1) is 11.9 Å². The van der Waals surface area contributed by atoms with Crippen molar-refractivity contribution in [2.45, 2.75) is 32.5 Å². The van der Waals surface area contributed by atoms with Gasteiger partial charge in [0.2, 0.25) is 0 Å². The van der Waals surface area contributed by atoms with Gasteiger partial charge in [-0.05, 0) is 50.7 Å². The van der Waals surface area contributed by atoms with Crippen LogP contribution in [-0.2, 0) is 6.61 Å². The minimum absolute atomic E-state index is 0.253. The monoisotopic (exact) mass is 419 g/mol. The minimum Gasteiger partial charge on any atom is -0.470 e. The molecule has 162 valence electrons. The van der Waals surface area contributed by atoms with Gasteiger partial charge in [-0.2, -0.15) is 0 Å². The summed E-state index contributed by atoms with van der Waals surface area (Å²) in [5.74, 6) is 1.000. The van der Waals surface area contributed by atoms with Crippen LogP contribution in [0.3, 0.4) is 0 Å². The maximum atomic E-state index is 5.97. The fraction of sp³-hybridized carbons (Fsp3) is 0.348. The predicted molar refractivity (Wildman–Crippen MR) is 124 cm³/mol. The van der Waals surface area contributed by atoms with Gasteiger partial charge < -0.3 is 21.1 Å². The lowest BCUT2D eigenvalue weighted by molar-refractivity contribution is 0.170. The van der Waals surface area contributed by atoms with Crippen molar-refractivity contribution < 1.29 is 4.74 Å². The first kappa shape index (κ1) is 20.9. The SMILES string of the molecule is CC1CN(c2ccc(-c3cnc(N)c(OCc4ccnc(N)c4)n3)cc2)CC(C)N1C. The van der Waals surface area contributed by atoms with Gasteiger partial charge in [-0.3, -0.25) is 4.90 Å². The molecular weight excluding hydrogens is 390 g/mol. The fourth-order valence-corrected chi connectivity index (χ4v) is 3.82. The number of piperazine rings is 1. The number of aromatic nitrogens is 3. The molecule has 0 radical (unpaired) electrons. The fourth-order valence-electron chi connectivity index (χ4n) is 3.82. The standard InChI is InChI=1S/C23H29N7O/c1-15-12-30(13-16(2)29(15)3)19-6-4-18(5-7-19)20-11-27-22(25)23(28-20)31-14-17-8-9-26-21(24)10-17/h4-11,15-16H,12-14H2,1-3H3,(H2,24,26)(H2,25,27). The van der Waals surface area contributed by atoms with Crippen LogP contribution in [0.1, 0.15) is 19.4 Å². The molecule has 1 aromatic carbocycles. The molecule has 31 heavy (non-hydrogen) atoms. The van der Waals surface area contributed by atoms with Crippen molar-refractivity contribution >= 4 is 17.3 Å². The Morgan fingerprint density at radius 2 is 1.74 bits per heavy atom. The third-order valence-electron chi connectivity index (χ3n) is 5.88. The van der Waals surface area contributed by atoms with Crippen molar-refractivity contribution in [3.05, 3.63) is 54.4 Å². The molecule has 3 heterocycles. The van der Waals surface area contributed by atoms with Gasteiger partial charge >= 0.3 is 0 Å². The maximum Gasteiger partial charge on any atom is 0.258 e. The highest BCUT2D eigenvalue weighted by Crippen LogP contribution is 2.27. The Kier molecular flexibility index (Phi) is 5.90. The number of anilines is 3. The molecule has 4 rings (SSSR count). The van der Waals surface area contributed by atoms with Crippen LogP contribution >= 0.6 is 0 Å².